The molecule has 2 aromatic rings. The molecule has 1 aromatic carbocycles. The number of anilines is 1. The number of carbonyl (C=O) groups excluding carboxylic acids is 1. The maximum Gasteiger partial charge on any atom is 0.270 e. The fourth-order valence-electron chi connectivity index (χ4n) is 2.46. The van der Waals surface area contributed by atoms with Crippen molar-refractivity contribution in [3.05, 3.63) is 42.1 Å². The van der Waals surface area contributed by atoms with Crippen LogP contribution in [0.3, 0.4) is 0 Å². The Morgan fingerprint density at radius 1 is 1.17 bits per heavy atom. The van der Waals surface area contributed by atoms with Crippen LogP contribution in [0.2, 0.25) is 0 Å². The van der Waals surface area contributed by atoms with Crippen LogP contribution in [-0.2, 0) is 0 Å². The van der Waals surface area contributed by atoms with Gasteiger partial charge in [-0.2, -0.15) is 0 Å². The van der Waals surface area contributed by atoms with Gasteiger partial charge in [-0.05, 0) is 26.7 Å². The number of nitrogens with one attached hydrogen (secondary N) is 1. The number of carbonyl (C=O) groups is 1. The van der Waals surface area contributed by atoms with Gasteiger partial charge in [-0.3, -0.25) is 4.79 Å². The van der Waals surface area contributed by atoms with Crippen molar-refractivity contribution in [2.45, 2.75) is 32.7 Å². The molecule has 0 bridgehead atoms. The lowest BCUT2D eigenvalue weighted by molar-refractivity contribution is 0.0946. The summed E-state index contributed by atoms with van der Waals surface area (Å²) in [6, 6.07) is 11.9. The summed E-state index contributed by atoms with van der Waals surface area (Å²) in [4.78, 5) is 23.7. The van der Waals surface area contributed by atoms with Gasteiger partial charge in [-0.25, -0.2) is 9.97 Å². The van der Waals surface area contributed by atoms with E-state index in [0.29, 0.717) is 17.6 Å². The van der Waals surface area contributed by atoms with Crippen LogP contribution in [0.25, 0.3) is 11.4 Å². The molecule has 0 unspecified atom stereocenters. The molecule has 0 spiro atoms. The molecular weight excluding hydrogens is 288 g/mol. The second-order valence-corrected chi connectivity index (χ2v) is 5.72. The molecule has 0 saturated heterocycles. The molecule has 1 N–H and O–H groups in total. The van der Waals surface area contributed by atoms with Crippen molar-refractivity contribution in [1.82, 2.24) is 15.3 Å². The maximum absolute atomic E-state index is 12.4. The highest BCUT2D eigenvalue weighted by molar-refractivity contribution is 5.93. The van der Waals surface area contributed by atoms with E-state index < -0.39 is 0 Å². The second-order valence-electron chi connectivity index (χ2n) is 5.72. The number of aromatic nitrogens is 2. The molecule has 1 aliphatic carbocycles. The van der Waals surface area contributed by atoms with Crippen LogP contribution in [0.15, 0.2) is 36.4 Å². The Kier molecular flexibility index (Phi) is 4.55. The Balaban J connectivity index is 2.00. The first-order valence-corrected chi connectivity index (χ1v) is 8.21. The number of hydrogen-bond donors (Lipinski definition) is 1. The molecule has 1 saturated carbocycles. The summed E-state index contributed by atoms with van der Waals surface area (Å²) in [6.07, 6.45) is 2.12. The van der Waals surface area contributed by atoms with Gasteiger partial charge in [-0.1, -0.05) is 30.3 Å². The number of nitrogens with zero attached hydrogens (tertiary/aromatic N) is 3. The van der Waals surface area contributed by atoms with E-state index in [0.717, 1.165) is 37.3 Å². The smallest absolute Gasteiger partial charge is 0.270 e. The fourth-order valence-corrected chi connectivity index (χ4v) is 2.46. The number of rotatable bonds is 6. The Hall–Kier alpha value is -2.43. The monoisotopic (exact) mass is 310 g/mol. The molecule has 5 heteroatoms. The van der Waals surface area contributed by atoms with E-state index in [1.165, 1.54) is 0 Å². The molecule has 1 aliphatic rings. The summed E-state index contributed by atoms with van der Waals surface area (Å²) in [5.74, 6) is 1.28. The lowest BCUT2D eigenvalue weighted by atomic mass is 10.2. The van der Waals surface area contributed by atoms with Gasteiger partial charge in [0.2, 0.25) is 0 Å². The zero-order chi connectivity index (χ0) is 16.2. The lowest BCUT2D eigenvalue weighted by Gasteiger charge is -2.21. The van der Waals surface area contributed by atoms with Crippen LogP contribution in [0.4, 0.5) is 5.82 Å². The lowest BCUT2D eigenvalue weighted by Crippen LogP contribution is -2.28. The Morgan fingerprint density at radius 3 is 2.48 bits per heavy atom. The molecule has 1 fully saturated rings. The SMILES string of the molecule is CCN(CC)c1cc(C(=O)NC2CC2)nc(-c2ccccc2)n1. The van der Waals surface area contributed by atoms with Crippen LogP contribution < -0.4 is 10.2 Å². The Bertz CT molecular complexity index is 679. The second kappa shape index (κ2) is 6.77. The average Bonchev–Trinajstić information content (AvgIpc) is 3.40. The number of benzene rings is 1. The van der Waals surface area contributed by atoms with Crippen molar-refractivity contribution < 1.29 is 4.79 Å². The quantitative estimate of drug-likeness (QED) is 0.891. The number of amides is 1. The summed E-state index contributed by atoms with van der Waals surface area (Å²) >= 11 is 0. The van der Waals surface area contributed by atoms with E-state index in [2.05, 4.69) is 34.0 Å². The van der Waals surface area contributed by atoms with Gasteiger partial charge in [0.05, 0.1) is 0 Å². The minimum Gasteiger partial charge on any atom is -0.357 e. The topological polar surface area (TPSA) is 58.1 Å². The van der Waals surface area contributed by atoms with Gasteiger partial charge in [0, 0.05) is 30.8 Å². The minimum absolute atomic E-state index is 0.111. The van der Waals surface area contributed by atoms with Crippen molar-refractivity contribution in [3.8, 4) is 11.4 Å². The van der Waals surface area contributed by atoms with Crippen molar-refractivity contribution in [3.63, 3.8) is 0 Å². The van der Waals surface area contributed by atoms with E-state index in [-0.39, 0.29) is 5.91 Å². The third kappa shape index (κ3) is 3.67. The molecule has 5 nitrogen and oxygen atoms in total. The molecule has 1 amide bonds. The largest absolute Gasteiger partial charge is 0.357 e. The van der Waals surface area contributed by atoms with Crippen molar-refractivity contribution in [2.75, 3.05) is 18.0 Å². The molecular formula is C18H22N4O. The third-order valence-electron chi connectivity index (χ3n) is 3.98. The fraction of sp³-hybridized carbons (Fsp3) is 0.389. The Labute approximate surface area is 136 Å². The first kappa shape index (κ1) is 15.5. The summed E-state index contributed by atoms with van der Waals surface area (Å²) in [5.41, 5.74) is 1.36. The minimum atomic E-state index is -0.111. The summed E-state index contributed by atoms with van der Waals surface area (Å²) in [7, 11) is 0. The first-order chi connectivity index (χ1) is 11.2. The third-order valence-corrected chi connectivity index (χ3v) is 3.98. The van der Waals surface area contributed by atoms with Crippen LogP contribution in [0.5, 0.6) is 0 Å². The summed E-state index contributed by atoms with van der Waals surface area (Å²) in [5, 5.41) is 3.00. The van der Waals surface area contributed by atoms with E-state index in [1.807, 2.05) is 30.3 Å². The molecule has 0 aliphatic heterocycles. The highest BCUT2D eigenvalue weighted by Gasteiger charge is 2.25. The van der Waals surface area contributed by atoms with E-state index in [4.69, 9.17) is 0 Å². The van der Waals surface area contributed by atoms with Gasteiger partial charge in [0.15, 0.2) is 5.82 Å². The van der Waals surface area contributed by atoms with Crippen molar-refractivity contribution in [2.24, 2.45) is 0 Å². The molecule has 0 radical (unpaired) electrons. The molecule has 1 aromatic heterocycles. The standard InChI is InChI=1S/C18H22N4O/c1-3-22(4-2)16-12-15(18(23)19-14-10-11-14)20-17(21-16)13-8-6-5-7-9-13/h5-9,12,14H,3-4,10-11H2,1-2H3,(H,19,23). The zero-order valence-electron chi connectivity index (χ0n) is 13.6. The maximum atomic E-state index is 12.4. The first-order valence-electron chi connectivity index (χ1n) is 8.21. The predicted molar refractivity (Wildman–Crippen MR) is 91.5 cm³/mol. The molecule has 120 valence electrons. The molecule has 3 rings (SSSR count). The van der Waals surface area contributed by atoms with Crippen LogP contribution in [0.1, 0.15) is 37.2 Å². The normalized spacial score (nSPS) is 13.7. The van der Waals surface area contributed by atoms with Crippen LogP contribution in [0, 0.1) is 0 Å². The Morgan fingerprint density at radius 2 is 1.87 bits per heavy atom. The van der Waals surface area contributed by atoms with Crippen molar-refractivity contribution >= 4 is 11.7 Å². The van der Waals surface area contributed by atoms with E-state index in [1.54, 1.807) is 6.07 Å². The average molecular weight is 310 g/mol. The highest BCUT2D eigenvalue weighted by Crippen LogP contribution is 2.22. The summed E-state index contributed by atoms with van der Waals surface area (Å²) < 4.78 is 0. The molecule has 1 heterocycles. The van der Waals surface area contributed by atoms with E-state index in [9.17, 15) is 4.79 Å². The predicted octanol–water partition coefficient (Wildman–Crippen LogP) is 2.88. The van der Waals surface area contributed by atoms with Gasteiger partial charge in [0.1, 0.15) is 11.5 Å². The van der Waals surface area contributed by atoms with Gasteiger partial charge in [0.25, 0.3) is 5.91 Å². The van der Waals surface area contributed by atoms with Gasteiger partial charge < -0.3 is 10.2 Å². The summed E-state index contributed by atoms with van der Waals surface area (Å²) in [6.45, 7) is 5.84. The highest BCUT2D eigenvalue weighted by atomic mass is 16.2. The molecule has 0 atom stereocenters. The van der Waals surface area contributed by atoms with Gasteiger partial charge >= 0.3 is 0 Å². The molecule has 23 heavy (non-hydrogen) atoms. The van der Waals surface area contributed by atoms with E-state index >= 15 is 0 Å². The zero-order valence-corrected chi connectivity index (χ0v) is 13.6. The number of hydrogen-bond acceptors (Lipinski definition) is 4. The van der Waals surface area contributed by atoms with Crippen molar-refractivity contribution in [1.29, 1.82) is 0 Å². The van der Waals surface area contributed by atoms with Gasteiger partial charge in [-0.15, -0.1) is 0 Å². The van der Waals surface area contributed by atoms with Crippen LogP contribution in [-0.4, -0.2) is 35.0 Å². The van der Waals surface area contributed by atoms with Crippen LogP contribution >= 0.6 is 0 Å².